The normalized spacial score (nSPS) is 14.0. The number of aromatic nitrogens is 7. The number of nitrogens with zero attached hydrogens (tertiary/aromatic N) is 5. The van der Waals surface area contributed by atoms with Crippen molar-refractivity contribution < 1.29 is 9.59 Å². The Hall–Kier alpha value is -4.81. The third-order valence-corrected chi connectivity index (χ3v) is 8.71. The minimum Gasteiger partial charge on any atom is -0.335 e. The Labute approximate surface area is 244 Å². The quantitative estimate of drug-likeness (QED) is 0.188. The summed E-state index contributed by atoms with van der Waals surface area (Å²) in [6, 6.07) is 9.44. The summed E-state index contributed by atoms with van der Waals surface area (Å²) in [6.45, 7) is 3.48. The summed E-state index contributed by atoms with van der Waals surface area (Å²) in [7, 11) is 0. The van der Waals surface area contributed by atoms with Crippen molar-refractivity contribution in [1.82, 2.24) is 40.4 Å². The molecular formula is C30H27N9O2S. The van der Waals surface area contributed by atoms with Crippen LogP contribution in [0.1, 0.15) is 35.9 Å². The van der Waals surface area contributed by atoms with Crippen LogP contribution in [0, 0.1) is 5.92 Å². The molecule has 7 rings (SSSR count). The molecule has 12 heteroatoms. The van der Waals surface area contributed by atoms with Gasteiger partial charge in [-0.05, 0) is 69.1 Å². The smallest absolute Gasteiger partial charge is 0.224 e. The minimum absolute atomic E-state index is 0.000178. The number of imidazole rings is 1. The number of Topliss-reactive ketones (excluding diaryl/α,β-unsaturated/α-hetero) is 1. The zero-order chi connectivity index (χ0) is 28.6. The number of hydrogen-bond acceptors (Lipinski definition) is 9. The number of amides is 1. The van der Waals surface area contributed by atoms with Crippen molar-refractivity contribution in [2.24, 2.45) is 5.92 Å². The summed E-state index contributed by atoms with van der Waals surface area (Å²) in [6.07, 6.45) is 9.39. The number of piperidine rings is 1. The Morgan fingerprint density at radius 3 is 2.67 bits per heavy atom. The SMILES string of the molecule is CC(=O)c1ccc(-c2cncc3[nH]c(-c4n[nH]c5ccc(-c6cncc(NC(=O)CC7CCNCC7)c6)nc45)nc23)s1. The van der Waals surface area contributed by atoms with Crippen LogP contribution in [0.3, 0.4) is 0 Å². The van der Waals surface area contributed by atoms with Gasteiger partial charge in [0.15, 0.2) is 17.3 Å². The first-order valence-corrected chi connectivity index (χ1v) is 14.6. The van der Waals surface area contributed by atoms with E-state index in [1.165, 1.54) is 11.3 Å². The molecule has 1 amide bonds. The number of hydrogen-bond donors (Lipinski definition) is 4. The summed E-state index contributed by atoms with van der Waals surface area (Å²) < 4.78 is 0. The van der Waals surface area contributed by atoms with Crippen LogP contribution in [0.25, 0.3) is 55.3 Å². The van der Waals surface area contributed by atoms with Crippen molar-refractivity contribution >= 4 is 50.8 Å². The van der Waals surface area contributed by atoms with Crippen molar-refractivity contribution in [1.29, 1.82) is 0 Å². The monoisotopic (exact) mass is 577 g/mol. The molecule has 1 saturated heterocycles. The van der Waals surface area contributed by atoms with Crippen molar-refractivity contribution in [3.8, 4) is 33.2 Å². The Bertz CT molecular complexity index is 1950. The van der Waals surface area contributed by atoms with Crippen LogP contribution in [0.15, 0.2) is 55.1 Å². The van der Waals surface area contributed by atoms with E-state index in [2.05, 4.69) is 35.8 Å². The van der Waals surface area contributed by atoms with Gasteiger partial charge < -0.3 is 15.6 Å². The largest absolute Gasteiger partial charge is 0.335 e. The third kappa shape index (κ3) is 5.06. The van der Waals surface area contributed by atoms with Gasteiger partial charge in [0, 0.05) is 34.8 Å². The molecule has 0 aromatic carbocycles. The fourth-order valence-electron chi connectivity index (χ4n) is 5.33. The number of ketones is 1. The van der Waals surface area contributed by atoms with Crippen LogP contribution >= 0.6 is 11.3 Å². The van der Waals surface area contributed by atoms with Crippen molar-refractivity contribution in [2.75, 3.05) is 18.4 Å². The zero-order valence-electron chi connectivity index (χ0n) is 22.8. The Kier molecular flexibility index (Phi) is 6.76. The Morgan fingerprint density at radius 2 is 1.83 bits per heavy atom. The summed E-state index contributed by atoms with van der Waals surface area (Å²) >= 11 is 1.42. The van der Waals surface area contributed by atoms with E-state index >= 15 is 0 Å². The Morgan fingerprint density at radius 1 is 0.976 bits per heavy atom. The molecule has 0 aliphatic carbocycles. The van der Waals surface area contributed by atoms with E-state index in [1.54, 1.807) is 31.7 Å². The first-order chi connectivity index (χ1) is 20.5. The molecular weight excluding hydrogens is 550 g/mol. The highest BCUT2D eigenvalue weighted by molar-refractivity contribution is 7.17. The maximum absolute atomic E-state index is 12.7. The van der Waals surface area contributed by atoms with Gasteiger partial charge in [0.05, 0.1) is 39.7 Å². The molecule has 0 atom stereocenters. The molecule has 0 spiro atoms. The van der Waals surface area contributed by atoms with E-state index in [-0.39, 0.29) is 11.7 Å². The van der Waals surface area contributed by atoms with E-state index in [0.717, 1.165) is 58.5 Å². The topological polar surface area (TPSA) is 154 Å². The molecule has 6 aromatic heterocycles. The number of carbonyl (C=O) groups excluding carboxylic acids is 2. The number of H-pyrrole nitrogens is 2. The number of thiophene rings is 1. The van der Waals surface area contributed by atoms with Gasteiger partial charge >= 0.3 is 0 Å². The molecule has 0 radical (unpaired) electrons. The predicted octanol–water partition coefficient (Wildman–Crippen LogP) is 5.22. The van der Waals surface area contributed by atoms with Gasteiger partial charge in [-0.1, -0.05) is 0 Å². The highest BCUT2D eigenvalue weighted by Gasteiger charge is 2.19. The molecule has 210 valence electrons. The van der Waals surface area contributed by atoms with E-state index < -0.39 is 0 Å². The van der Waals surface area contributed by atoms with E-state index in [4.69, 9.17) is 9.97 Å². The lowest BCUT2D eigenvalue weighted by atomic mass is 9.94. The fraction of sp³-hybridized carbons (Fsp3) is 0.233. The lowest BCUT2D eigenvalue weighted by molar-refractivity contribution is -0.117. The summed E-state index contributed by atoms with van der Waals surface area (Å²) in [5.74, 6) is 0.981. The first-order valence-electron chi connectivity index (χ1n) is 13.8. The number of anilines is 1. The van der Waals surface area contributed by atoms with E-state index in [1.807, 2.05) is 30.3 Å². The predicted molar refractivity (Wildman–Crippen MR) is 162 cm³/mol. The molecule has 11 nitrogen and oxygen atoms in total. The zero-order valence-corrected chi connectivity index (χ0v) is 23.6. The van der Waals surface area contributed by atoms with Crippen LogP contribution in [-0.4, -0.2) is 59.9 Å². The number of aromatic amines is 2. The van der Waals surface area contributed by atoms with E-state index in [9.17, 15) is 9.59 Å². The lowest BCUT2D eigenvalue weighted by Gasteiger charge is -2.21. The van der Waals surface area contributed by atoms with Gasteiger partial charge in [-0.25, -0.2) is 9.97 Å². The van der Waals surface area contributed by atoms with Crippen molar-refractivity contribution in [2.45, 2.75) is 26.2 Å². The van der Waals surface area contributed by atoms with Gasteiger partial charge in [-0.15, -0.1) is 11.3 Å². The van der Waals surface area contributed by atoms with Gasteiger partial charge in [0.25, 0.3) is 0 Å². The summed E-state index contributed by atoms with van der Waals surface area (Å²) in [4.78, 5) is 48.0. The highest BCUT2D eigenvalue weighted by Crippen LogP contribution is 2.34. The molecule has 0 unspecified atom stereocenters. The Balaban J connectivity index is 1.19. The summed E-state index contributed by atoms with van der Waals surface area (Å²) in [5.41, 5.74) is 6.42. The van der Waals surface area contributed by atoms with Gasteiger partial charge in [-0.2, -0.15) is 5.10 Å². The highest BCUT2D eigenvalue weighted by atomic mass is 32.1. The average Bonchev–Trinajstić information content (AvgIpc) is 3.75. The van der Waals surface area contributed by atoms with Crippen molar-refractivity contribution in [3.63, 3.8) is 0 Å². The maximum Gasteiger partial charge on any atom is 0.224 e. The van der Waals surface area contributed by atoms with Crippen LogP contribution in [0.5, 0.6) is 0 Å². The average molecular weight is 578 g/mol. The minimum atomic E-state index is 0.000178. The number of carbonyl (C=O) groups is 2. The number of pyridine rings is 3. The van der Waals surface area contributed by atoms with Gasteiger partial charge in [-0.3, -0.25) is 24.7 Å². The lowest BCUT2D eigenvalue weighted by Crippen LogP contribution is -2.30. The first kappa shape index (κ1) is 26.1. The second kappa shape index (κ2) is 10.9. The number of rotatable bonds is 7. The number of fused-ring (bicyclic) bond motifs is 2. The van der Waals surface area contributed by atoms with Gasteiger partial charge in [0.2, 0.25) is 5.91 Å². The van der Waals surface area contributed by atoms with E-state index in [0.29, 0.717) is 45.6 Å². The molecule has 6 aromatic rings. The molecule has 0 saturated carbocycles. The second-order valence-corrected chi connectivity index (χ2v) is 11.5. The second-order valence-electron chi connectivity index (χ2n) is 10.5. The third-order valence-electron chi connectivity index (χ3n) is 7.50. The molecule has 1 aliphatic heterocycles. The van der Waals surface area contributed by atoms with Gasteiger partial charge in [0.1, 0.15) is 11.0 Å². The molecule has 0 bridgehead atoms. The maximum atomic E-state index is 12.7. The standard InChI is InChI=1S/C30H27N9O2S/c1-16(40)24-4-5-25(42-24)20-14-33-15-23-27(20)37-30(36-23)29-28-22(38-39-29)3-2-21(35-28)18-11-19(13-32-12-18)34-26(41)10-17-6-8-31-9-7-17/h2-5,11-15,17,31H,6-10H2,1H3,(H,34,41)(H,36,37)(H,38,39). The molecule has 4 N–H and O–H groups in total. The molecule has 1 fully saturated rings. The van der Waals surface area contributed by atoms with Crippen LogP contribution < -0.4 is 10.6 Å². The number of nitrogens with one attached hydrogen (secondary N) is 4. The van der Waals surface area contributed by atoms with Crippen LogP contribution in [-0.2, 0) is 4.79 Å². The van der Waals surface area contributed by atoms with Crippen molar-refractivity contribution in [3.05, 3.63) is 60.0 Å². The fourth-order valence-corrected chi connectivity index (χ4v) is 6.24. The van der Waals surface area contributed by atoms with Crippen LogP contribution in [0.4, 0.5) is 5.69 Å². The molecule has 7 heterocycles. The molecule has 42 heavy (non-hydrogen) atoms. The molecule has 1 aliphatic rings. The summed E-state index contributed by atoms with van der Waals surface area (Å²) in [5, 5.41) is 13.9. The van der Waals surface area contributed by atoms with Crippen LogP contribution in [0.2, 0.25) is 0 Å².